The molecule has 0 spiro atoms. The van der Waals surface area contributed by atoms with E-state index >= 15 is 0 Å². The van der Waals surface area contributed by atoms with Gasteiger partial charge in [0.15, 0.2) is 0 Å². The van der Waals surface area contributed by atoms with Gasteiger partial charge in [0.1, 0.15) is 0 Å². The maximum Gasteiger partial charge on any atom is 0 e. The van der Waals surface area contributed by atoms with Crippen LogP contribution in [0.4, 0.5) is 0 Å². The van der Waals surface area contributed by atoms with Crippen molar-refractivity contribution >= 4 is 0 Å². The molecular formula is C18H20Zr. The largest absolute Gasteiger partial charge is 0.0625 e. The molecule has 0 aromatic heterocycles. The standard InChI is InChI=1S/C18H20.Zr/c1-13(2)16-11-15-9-6-10-17(18(15)12-16)14-7-4-3-5-8-14;/h3-10,13,16H,11-12H2,1-2H3;. The van der Waals surface area contributed by atoms with Crippen LogP contribution in [-0.2, 0) is 39.0 Å². The van der Waals surface area contributed by atoms with Crippen molar-refractivity contribution in [1.29, 1.82) is 0 Å². The first-order chi connectivity index (χ1) is 8.75. The van der Waals surface area contributed by atoms with Crippen LogP contribution in [0.5, 0.6) is 0 Å². The van der Waals surface area contributed by atoms with Gasteiger partial charge in [0.05, 0.1) is 0 Å². The molecule has 0 radical (unpaired) electrons. The average molecular weight is 328 g/mol. The third kappa shape index (κ3) is 2.92. The fraction of sp³-hybridized carbons (Fsp3) is 0.333. The molecule has 2 aromatic rings. The Kier molecular flexibility index (Phi) is 4.79. The van der Waals surface area contributed by atoms with Crippen molar-refractivity contribution in [1.82, 2.24) is 0 Å². The van der Waals surface area contributed by atoms with Crippen LogP contribution in [0.25, 0.3) is 11.1 Å². The van der Waals surface area contributed by atoms with Crippen LogP contribution in [0, 0.1) is 11.8 Å². The zero-order valence-corrected chi connectivity index (χ0v) is 14.1. The Labute approximate surface area is 135 Å². The first-order valence-corrected chi connectivity index (χ1v) is 6.92. The Balaban J connectivity index is 0.00000133. The van der Waals surface area contributed by atoms with Crippen LogP contribution in [-0.4, -0.2) is 0 Å². The summed E-state index contributed by atoms with van der Waals surface area (Å²) in [7, 11) is 0. The van der Waals surface area contributed by atoms with Crippen LogP contribution in [0.3, 0.4) is 0 Å². The van der Waals surface area contributed by atoms with Gasteiger partial charge in [0.2, 0.25) is 0 Å². The van der Waals surface area contributed by atoms with E-state index in [0.717, 1.165) is 11.8 Å². The van der Waals surface area contributed by atoms with Crippen LogP contribution < -0.4 is 0 Å². The number of rotatable bonds is 2. The Morgan fingerprint density at radius 3 is 2.32 bits per heavy atom. The second-order valence-electron chi connectivity index (χ2n) is 5.72. The third-order valence-corrected chi connectivity index (χ3v) is 4.25. The summed E-state index contributed by atoms with van der Waals surface area (Å²) in [6, 6.07) is 17.6. The second kappa shape index (κ2) is 6.18. The molecule has 0 saturated carbocycles. The summed E-state index contributed by atoms with van der Waals surface area (Å²) in [6.45, 7) is 4.69. The van der Waals surface area contributed by atoms with Gasteiger partial charge in [-0.3, -0.25) is 0 Å². The van der Waals surface area contributed by atoms with Crippen LogP contribution in [0.15, 0.2) is 48.5 Å². The van der Waals surface area contributed by atoms with Gasteiger partial charge in [0.25, 0.3) is 0 Å². The molecule has 0 amide bonds. The number of benzene rings is 2. The van der Waals surface area contributed by atoms with Gasteiger partial charge in [-0.25, -0.2) is 0 Å². The second-order valence-corrected chi connectivity index (χ2v) is 5.72. The molecular weight excluding hydrogens is 307 g/mol. The summed E-state index contributed by atoms with van der Waals surface area (Å²) in [6.07, 6.45) is 2.51. The molecule has 1 aliphatic carbocycles. The van der Waals surface area contributed by atoms with Gasteiger partial charge >= 0.3 is 0 Å². The summed E-state index contributed by atoms with van der Waals surface area (Å²) in [5.41, 5.74) is 5.95. The van der Waals surface area contributed by atoms with E-state index in [0.29, 0.717) is 0 Å². The molecule has 0 bridgehead atoms. The molecule has 1 heteroatoms. The molecule has 1 unspecified atom stereocenters. The maximum absolute atomic E-state index is 2.35. The van der Waals surface area contributed by atoms with Crippen molar-refractivity contribution in [2.45, 2.75) is 26.7 Å². The Morgan fingerprint density at radius 2 is 1.63 bits per heavy atom. The third-order valence-electron chi connectivity index (χ3n) is 4.25. The summed E-state index contributed by atoms with van der Waals surface area (Å²) in [4.78, 5) is 0. The average Bonchev–Trinajstić information content (AvgIpc) is 2.83. The fourth-order valence-corrected chi connectivity index (χ4v) is 3.04. The molecule has 0 fully saturated rings. The molecule has 3 rings (SSSR count). The van der Waals surface area contributed by atoms with Gasteiger partial charge in [-0.05, 0) is 46.9 Å². The molecule has 0 aliphatic heterocycles. The first-order valence-electron chi connectivity index (χ1n) is 6.92. The van der Waals surface area contributed by atoms with Gasteiger partial charge < -0.3 is 0 Å². The summed E-state index contributed by atoms with van der Waals surface area (Å²) < 4.78 is 0. The van der Waals surface area contributed by atoms with Crippen LogP contribution >= 0.6 is 0 Å². The Bertz CT molecular complexity index is 543. The Hall–Kier alpha value is -0.677. The van der Waals surface area contributed by atoms with Gasteiger partial charge in [-0.2, -0.15) is 0 Å². The number of hydrogen-bond acceptors (Lipinski definition) is 0. The number of fused-ring (bicyclic) bond motifs is 1. The predicted molar refractivity (Wildman–Crippen MR) is 77.6 cm³/mol. The molecule has 2 aromatic carbocycles. The topological polar surface area (TPSA) is 0 Å². The quantitative estimate of drug-likeness (QED) is 0.748. The maximum atomic E-state index is 2.35. The van der Waals surface area contributed by atoms with Gasteiger partial charge in [0, 0.05) is 26.2 Å². The summed E-state index contributed by atoms with van der Waals surface area (Å²) in [5, 5.41) is 0. The Morgan fingerprint density at radius 1 is 0.895 bits per heavy atom. The van der Waals surface area contributed by atoms with E-state index in [4.69, 9.17) is 0 Å². The summed E-state index contributed by atoms with van der Waals surface area (Å²) >= 11 is 0. The minimum atomic E-state index is 0. The fourth-order valence-electron chi connectivity index (χ4n) is 3.04. The molecule has 0 nitrogen and oxygen atoms in total. The predicted octanol–water partition coefficient (Wildman–Crippen LogP) is 4.72. The smallest absolute Gasteiger partial charge is 0 e. The van der Waals surface area contributed by atoms with Crippen molar-refractivity contribution < 1.29 is 26.2 Å². The minimum Gasteiger partial charge on any atom is -0.0625 e. The van der Waals surface area contributed by atoms with E-state index < -0.39 is 0 Å². The van der Waals surface area contributed by atoms with Crippen LogP contribution in [0.1, 0.15) is 25.0 Å². The van der Waals surface area contributed by atoms with E-state index in [1.807, 2.05) is 0 Å². The molecule has 0 heterocycles. The van der Waals surface area contributed by atoms with E-state index in [-0.39, 0.29) is 26.2 Å². The van der Waals surface area contributed by atoms with Crippen LogP contribution in [0.2, 0.25) is 0 Å². The van der Waals surface area contributed by atoms with Gasteiger partial charge in [-0.1, -0.05) is 62.4 Å². The minimum absolute atomic E-state index is 0. The monoisotopic (exact) mass is 326 g/mol. The van der Waals surface area contributed by atoms with Crippen molar-refractivity contribution in [2.75, 3.05) is 0 Å². The summed E-state index contributed by atoms with van der Waals surface area (Å²) in [5.74, 6) is 1.60. The van der Waals surface area contributed by atoms with Crippen molar-refractivity contribution in [2.24, 2.45) is 11.8 Å². The van der Waals surface area contributed by atoms with E-state index in [9.17, 15) is 0 Å². The SMILES string of the molecule is CC(C)C1Cc2cccc(-c3ccccc3)c2C1.[Zr]. The molecule has 19 heavy (non-hydrogen) atoms. The molecule has 1 atom stereocenters. The van der Waals surface area contributed by atoms with Gasteiger partial charge in [-0.15, -0.1) is 0 Å². The van der Waals surface area contributed by atoms with E-state index in [1.165, 1.54) is 24.0 Å². The molecule has 0 saturated heterocycles. The van der Waals surface area contributed by atoms with E-state index in [2.05, 4.69) is 62.4 Å². The van der Waals surface area contributed by atoms with Crippen molar-refractivity contribution in [3.8, 4) is 11.1 Å². The molecule has 96 valence electrons. The van der Waals surface area contributed by atoms with E-state index in [1.54, 1.807) is 11.1 Å². The normalized spacial score (nSPS) is 17.1. The zero-order chi connectivity index (χ0) is 12.5. The molecule has 0 N–H and O–H groups in total. The van der Waals surface area contributed by atoms with Crippen molar-refractivity contribution in [3.63, 3.8) is 0 Å². The molecule has 1 aliphatic rings. The van der Waals surface area contributed by atoms with Crippen molar-refractivity contribution in [3.05, 3.63) is 59.7 Å². The first kappa shape index (κ1) is 14.7. The zero-order valence-electron chi connectivity index (χ0n) is 11.7. The number of hydrogen-bond donors (Lipinski definition) is 0.